The normalized spacial score (nSPS) is 27.6. The molecule has 0 aliphatic heterocycles. The van der Waals surface area contributed by atoms with E-state index in [9.17, 15) is 13.2 Å². The number of ether oxygens (including phenoxy) is 1. The van der Waals surface area contributed by atoms with Gasteiger partial charge in [-0.3, -0.25) is 4.79 Å². The molecule has 2 unspecified atom stereocenters. The summed E-state index contributed by atoms with van der Waals surface area (Å²) < 4.78 is 26.5. The van der Waals surface area contributed by atoms with Gasteiger partial charge >= 0.3 is 5.97 Å². The fourth-order valence-corrected chi connectivity index (χ4v) is 3.19. The number of carbonyl (C=O) groups excluding carboxylic acids is 1. The zero-order valence-electron chi connectivity index (χ0n) is 7.90. The molecule has 0 N–H and O–H groups in total. The van der Waals surface area contributed by atoms with Gasteiger partial charge in [0.1, 0.15) is 0 Å². The number of halogens is 1. The predicted molar refractivity (Wildman–Crippen MR) is 52.5 cm³/mol. The summed E-state index contributed by atoms with van der Waals surface area (Å²) in [5, 5.41) is -0.487. The van der Waals surface area contributed by atoms with Crippen molar-refractivity contribution in [3.05, 3.63) is 0 Å². The van der Waals surface area contributed by atoms with Crippen molar-refractivity contribution in [1.29, 1.82) is 0 Å². The van der Waals surface area contributed by atoms with E-state index < -0.39 is 14.3 Å². The zero-order chi connectivity index (χ0) is 10.8. The Kier molecular flexibility index (Phi) is 3.78. The van der Waals surface area contributed by atoms with Crippen LogP contribution in [-0.4, -0.2) is 26.7 Å². The van der Waals surface area contributed by atoms with Crippen molar-refractivity contribution < 1.29 is 17.9 Å². The van der Waals surface area contributed by atoms with Crippen molar-refractivity contribution in [2.45, 2.75) is 30.9 Å². The van der Waals surface area contributed by atoms with Gasteiger partial charge < -0.3 is 4.74 Å². The number of hydrogen-bond acceptors (Lipinski definition) is 4. The lowest BCUT2D eigenvalue weighted by molar-refractivity contribution is -0.141. The topological polar surface area (TPSA) is 60.4 Å². The largest absolute Gasteiger partial charge is 0.469 e. The van der Waals surface area contributed by atoms with Crippen molar-refractivity contribution in [2.75, 3.05) is 7.11 Å². The maximum Gasteiger partial charge on any atom is 0.305 e. The second-order valence-electron chi connectivity index (χ2n) is 3.56. The number of methoxy groups -OCH3 is 1. The van der Waals surface area contributed by atoms with Crippen molar-refractivity contribution in [3.8, 4) is 0 Å². The SMILES string of the molecule is COC(=O)CC1CCC(S(=O)(=O)Cl)C1. The Balaban J connectivity index is 2.46. The lowest BCUT2D eigenvalue weighted by atomic mass is 10.0. The highest BCUT2D eigenvalue weighted by molar-refractivity contribution is 8.14. The average molecular weight is 241 g/mol. The Labute approximate surface area is 88.0 Å². The average Bonchev–Trinajstić information content (AvgIpc) is 2.51. The lowest BCUT2D eigenvalue weighted by Gasteiger charge is -2.07. The lowest BCUT2D eigenvalue weighted by Crippen LogP contribution is -2.13. The first-order valence-electron chi connectivity index (χ1n) is 4.43. The summed E-state index contributed by atoms with van der Waals surface area (Å²) in [4.78, 5) is 10.9. The fourth-order valence-electron chi connectivity index (χ4n) is 1.79. The first-order chi connectivity index (χ1) is 6.43. The molecule has 0 aromatic rings. The summed E-state index contributed by atoms with van der Waals surface area (Å²) in [6, 6.07) is 0. The molecular formula is C8H13ClO4S. The van der Waals surface area contributed by atoms with Crippen LogP contribution in [0.25, 0.3) is 0 Å². The molecule has 0 bridgehead atoms. The molecule has 0 spiro atoms. The molecule has 0 aromatic carbocycles. The highest BCUT2D eigenvalue weighted by Gasteiger charge is 2.33. The van der Waals surface area contributed by atoms with E-state index in [1.807, 2.05) is 0 Å². The summed E-state index contributed by atoms with van der Waals surface area (Å²) in [5.41, 5.74) is 0. The smallest absolute Gasteiger partial charge is 0.305 e. The molecule has 2 atom stereocenters. The van der Waals surface area contributed by atoms with Crippen LogP contribution in [0.1, 0.15) is 25.7 Å². The molecule has 0 saturated heterocycles. The zero-order valence-corrected chi connectivity index (χ0v) is 9.47. The monoisotopic (exact) mass is 240 g/mol. The molecule has 0 aromatic heterocycles. The van der Waals surface area contributed by atoms with Crippen LogP contribution < -0.4 is 0 Å². The van der Waals surface area contributed by atoms with Crippen molar-refractivity contribution in [1.82, 2.24) is 0 Å². The van der Waals surface area contributed by atoms with Gasteiger partial charge in [-0.15, -0.1) is 0 Å². The van der Waals surface area contributed by atoms with Crippen LogP contribution in [0.3, 0.4) is 0 Å². The molecule has 1 rings (SSSR count). The minimum absolute atomic E-state index is 0.0981. The maximum absolute atomic E-state index is 11.0. The molecule has 0 radical (unpaired) electrons. The van der Waals surface area contributed by atoms with E-state index in [2.05, 4.69) is 4.74 Å². The minimum Gasteiger partial charge on any atom is -0.469 e. The molecule has 4 nitrogen and oxygen atoms in total. The third-order valence-electron chi connectivity index (χ3n) is 2.57. The first kappa shape index (κ1) is 11.8. The van der Waals surface area contributed by atoms with E-state index >= 15 is 0 Å². The molecule has 6 heteroatoms. The molecule has 0 amide bonds. The van der Waals surface area contributed by atoms with Crippen LogP contribution in [0.4, 0.5) is 0 Å². The molecule has 14 heavy (non-hydrogen) atoms. The van der Waals surface area contributed by atoms with Crippen LogP contribution >= 0.6 is 10.7 Å². The van der Waals surface area contributed by atoms with Crippen LogP contribution in [-0.2, 0) is 18.6 Å². The van der Waals surface area contributed by atoms with Gasteiger partial charge in [0.15, 0.2) is 0 Å². The predicted octanol–water partition coefficient (Wildman–Crippen LogP) is 1.29. The molecule has 1 saturated carbocycles. The molecular weight excluding hydrogens is 228 g/mol. The van der Waals surface area contributed by atoms with Crippen molar-refractivity contribution in [3.63, 3.8) is 0 Å². The van der Waals surface area contributed by atoms with Gasteiger partial charge in [-0.2, -0.15) is 0 Å². The fraction of sp³-hybridized carbons (Fsp3) is 0.875. The number of esters is 1. The van der Waals surface area contributed by atoms with E-state index in [0.717, 1.165) is 6.42 Å². The van der Waals surface area contributed by atoms with Gasteiger partial charge in [0.05, 0.1) is 12.4 Å². The van der Waals surface area contributed by atoms with E-state index in [4.69, 9.17) is 10.7 Å². The third kappa shape index (κ3) is 3.13. The van der Waals surface area contributed by atoms with Gasteiger partial charge in [-0.05, 0) is 25.2 Å². The number of rotatable bonds is 3. The summed E-state index contributed by atoms with van der Waals surface area (Å²) in [7, 11) is 3.10. The van der Waals surface area contributed by atoms with Gasteiger partial charge in [-0.1, -0.05) is 0 Å². The van der Waals surface area contributed by atoms with Crippen LogP contribution in [0.15, 0.2) is 0 Å². The van der Waals surface area contributed by atoms with E-state index in [-0.39, 0.29) is 11.9 Å². The van der Waals surface area contributed by atoms with Gasteiger partial charge in [-0.25, -0.2) is 8.42 Å². The van der Waals surface area contributed by atoms with Crippen LogP contribution in [0.2, 0.25) is 0 Å². The van der Waals surface area contributed by atoms with Gasteiger partial charge in [0, 0.05) is 17.1 Å². The minimum atomic E-state index is -3.46. The number of hydrogen-bond donors (Lipinski definition) is 0. The highest BCUT2D eigenvalue weighted by Crippen LogP contribution is 2.34. The Hall–Kier alpha value is -0.290. The Morgan fingerprint density at radius 1 is 1.50 bits per heavy atom. The maximum atomic E-state index is 11.0. The van der Waals surface area contributed by atoms with E-state index in [1.54, 1.807) is 0 Å². The van der Waals surface area contributed by atoms with Crippen LogP contribution in [0, 0.1) is 5.92 Å². The summed E-state index contributed by atoms with van der Waals surface area (Å²) in [5.74, 6) is -0.191. The Morgan fingerprint density at radius 3 is 2.57 bits per heavy atom. The summed E-state index contributed by atoms with van der Waals surface area (Å²) >= 11 is 0. The molecule has 1 aliphatic rings. The first-order valence-corrected chi connectivity index (χ1v) is 6.81. The van der Waals surface area contributed by atoms with Crippen molar-refractivity contribution >= 4 is 25.7 Å². The second-order valence-corrected chi connectivity index (χ2v) is 6.47. The second kappa shape index (κ2) is 4.49. The molecule has 82 valence electrons. The molecule has 1 fully saturated rings. The van der Waals surface area contributed by atoms with E-state index in [1.165, 1.54) is 7.11 Å². The molecule has 0 heterocycles. The Bertz CT molecular complexity index is 311. The number of carbonyl (C=O) groups is 1. The summed E-state index contributed by atoms with van der Waals surface area (Å²) in [6.07, 6.45) is 2.04. The Morgan fingerprint density at radius 2 is 2.14 bits per heavy atom. The summed E-state index contributed by atoms with van der Waals surface area (Å²) in [6.45, 7) is 0. The van der Waals surface area contributed by atoms with Crippen molar-refractivity contribution in [2.24, 2.45) is 5.92 Å². The van der Waals surface area contributed by atoms with Gasteiger partial charge in [0.2, 0.25) is 9.05 Å². The standard InChI is InChI=1S/C8H13ClO4S/c1-13-8(10)5-6-2-3-7(4-6)14(9,11)12/h6-7H,2-5H2,1H3. The highest BCUT2D eigenvalue weighted by atomic mass is 35.7. The third-order valence-corrected chi connectivity index (χ3v) is 4.55. The van der Waals surface area contributed by atoms with Crippen LogP contribution in [0.5, 0.6) is 0 Å². The van der Waals surface area contributed by atoms with E-state index in [0.29, 0.717) is 19.3 Å². The quantitative estimate of drug-likeness (QED) is 0.551. The van der Waals surface area contributed by atoms with Gasteiger partial charge in [0.25, 0.3) is 0 Å². The molecule has 1 aliphatic carbocycles.